The zero-order valence-corrected chi connectivity index (χ0v) is 20.5. The number of carbonyl (C=O) groups is 3. The van der Waals surface area contributed by atoms with Gasteiger partial charge in [-0.2, -0.15) is 0 Å². The van der Waals surface area contributed by atoms with Gasteiger partial charge in [-0.05, 0) is 49.8 Å². The van der Waals surface area contributed by atoms with Crippen molar-refractivity contribution in [2.75, 3.05) is 18.0 Å². The molecular weight excluding hydrogens is 466 g/mol. The molecule has 35 heavy (non-hydrogen) atoms. The molecular formula is C25H27N5O4S. The third-order valence-electron chi connectivity index (χ3n) is 6.85. The number of aryl methyl sites for hydroxylation is 1. The van der Waals surface area contributed by atoms with Crippen LogP contribution in [0.25, 0.3) is 0 Å². The Bertz CT molecular complexity index is 1250. The second-order valence-electron chi connectivity index (χ2n) is 8.94. The van der Waals surface area contributed by atoms with Gasteiger partial charge in [0.1, 0.15) is 11.4 Å². The zero-order chi connectivity index (χ0) is 24.5. The van der Waals surface area contributed by atoms with E-state index in [1.807, 2.05) is 17.5 Å². The van der Waals surface area contributed by atoms with E-state index in [-0.39, 0.29) is 36.2 Å². The lowest BCUT2D eigenvalue weighted by atomic mass is 9.94. The van der Waals surface area contributed by atoms with Crippen molar-refractivity contribution in [3.8, 4) is 0 Å². The standard InChI is InChI=1S/C25H27N5O4S/c1-3-18(21-8-5-13-35-21)26-23(31)16-9-11-29(12-10-16)20-7-4-6-17-22(20)25(33)30(24(17)32)14-19-15(2)27-34-28-19/h4-8,13,16,18H,3,9-12,14H2,1-2H3,(H,26,31)/t18-/m1/s1. The van der Waals surface area contributed by atoms with Crippen LogP contribution in [0.4, 0.5) is 5.69 Å². The maximum Gasteiger partial charge on any atom is 0.264 e. The number of fused-ring (bicyclic) bond motifs is 1. The predicted molar refractivity (Wildman–Crippen MR) is 130 cm³/mol. The summed E-state index contributed by atoms with van der Waals surface area (Å²) in [6.07, 6.45) is 2.22. The minimum absolute atomic E-state index is 0.0200. The van der Waals surface area contributed by atoms with E-state index < -0.39 is 0 Å². The summed E-state index contributed by atoms with van der Waals surface area (Å²) < 4.78 is 4.71. The van der Waals surface area contributed by atoms with Crippen molar-refractivity contribution in [1.29, 1.82) is 0 Å². The van der Waals surface area contributed by atoms with Crippen LogP contribution >= 0.6 is 11.3 Å². The van der Waals surface area contributed by atoms with Crippen LogP contribution < -0.4 is 10.2 Å². The van der Waals surface area contributed by atoms with Crippen molar-refractivity contribution in [3.05, 3.63) is 63.1 Å². The number of carbonyl (C=O) groups excluding carboxylic acids is 3. The van der Waals surface area contributed by atoms with Crippen molar-refractivity contribution >= 4 is 34.7 Å². The molecule has 0 saturated carbocycles. The van der Waals surface area contributed by atoms with Crippen LogP contribution in [-0.4, -0.2) is 46.0 Å². The minimum Gasteiger partial charge on any atom is -0.371 e. The first kappa shape index (κ1) is 23.2. The van der Waals surface area contributed by atoms with E-state index in [2.05, 4.69) is 33.5 Å². The second-order valence-corrected chi connectivity index (χ2v) is 9.92. The highest BCUT2D eigenvalue weighted by Gasteiger charge is 2.40. The van der Waals surface area contributed by atoms with Gasteiger partial charge >= 0.3 is 0 Å². The molecule has 2 aliphatic heterocycles. The Morgan fingerprint density at radius 1 is 1.17 bits per heavy atom. The molecule has 1 saturated heterocycles. The molecule has 0 radical (unpaired) electrons. The number of anilines is 1. The number of piperidine rings is 1. The van der Waals surface area contributed by atoms with E-state index in [9.17, 15) is 14.4 Å². The zero-order valence-electron chi connectivity index (χ0n) is 19.7. The number of nitrogens with zero attached hydrogens (tertiary/aromatic N) is 4. The molecule has 1 aromatic carbocycles. The van der Waals surface area contributed by atoms with Crippen molar-refractivity contribution in [1.82, 2.24) is 20.5 Å². The molecule has 5 rings (SSSR count). The Morgan fingerprint density at radius 3 is 2.63 bits per heavy atom. The number of hydrogen-bond donors (Lipinski definition) is 1. The first-order chi connectivity index (χ1) is 17.0. The molecule has 1 atom stereocenters. The number of nitrogens with one attached hydrogen (secondary N) is 1. The highest BCUT2D eigenvalue weighted by molar-refractivity contribution is 7.10. The normalized spacial score (nSPS) is 17.1. The summed E-state index contributed by atoms with van der Waals surface area (Å²) in [5, 5.41) is 12.8. The van der Waals surface area contributed by atoms with Gasteiger partial charge in [0.05, 0.1) is 29.4 Å². The first-order valence-electron chi connectivity index (χ1n) is 11.8. The Hall–Kier alpha value is -3.53. The van der Waals surface area contributed by atoms with E-state index in [0.717, 1.165) is 12.1 Å². The number of aromatic nitrogens is 2. The molecule has 182 valence electrons. The summed E-state index contributed by atoms with van der Waals surface area (Å²) in [4.78, 5) is 43.7. The van der Waals surface area contributed by atoms with Crippen LogP contribution in [-0.2, 0) is 11.3 Å². The van der Waals surface area contributed by atoms with Crippen LogP contribution in [0.15, 0.2) is 40.3 Å². The Labute approximate surface area is 207 Å². The minimum atomic E-state index is -0.345. The summed E-state index contributed by atoms with van der Waals surface area (Å²) in [7, 11) is 0. The van der Waals surface area contributed by atoms with Gasteiger partial charge in [0, 0.05) is 23.9 Å². The van der Waals surface area contributed by atoms with Gasteiger partial charge < -0.3 is 10.2 Å². The summed E-state index contributed by atoms with van der Waals surface area (Å²) in [6, 6.07) is 9.46. The lowest BCUT2D eigenvalue weighted by Crippen LogP contribution is -2.42. The maximum atomic E-state index is 13.3. The molecule has 3 amide bonds. The largest absolute Gasteiger partial charge is 0.371 e. The Morgan fingerprint density at radius 2 is 1.97 bits per heavy atom. The number of thiophene rings is 1. The first-order valence-corrected chi connectivity index (χ1v) is 12.7. The van der Waals surface area contributed by atoms with Gasteiger partial charge in [0.25, 0.3) is 11.8 Å². The van der Waals surface area contributed by atoms with E-state index in [1.165, 1.54) is 9.78 Å². The molecule has 4 heterocycles. The van der Waals surface area contributed by atoms with Crippen LogP contribution in [0.5, 0.6) is 0 Å². The molecule has 0 unspecified atom stereocenters. The summed E-state index contributed by atoms with van der Waals surface area (Å²) in [6.45, 7) is 5.09. The monoisotopic (exact) mass is 493 g/mol. The maximum absolute atomic E-state index is 13.3. The van der Waals surface area contributed by atoms with Crippen LogP contribution in [0.3, 0.4) is 0 Å². The molecule has 10 heteroatoms. The second kappa shape index (κ2) is 9.61. The Kier molecular flexibility index (Phi) is 6.38. The third-order valence-corrected chi connectivity index (χ3v) is 7.84. The number of hydrogen-bond acceptors (Lipinski definition) is 8. The third kappa shape index (κ3) is 4.34. The molecule has 1 fully saturated rings. The highest BCUT2D eigenvalue weighted by atomic mass is 32.1. The van der Waals surface area contributed by atoms with Crippen molar-refractivity contribution < 1.29 is 19.0 Å². The van der Waals surface area contributed by atoms with Gasteiger partial charge in [0.2, 0.25) is 5.91 Å². The highest BCUT2D eigenvalue weighted by Crippen LogP contribution is 2.35. The quantitative estimate of drug-likeness (QED) is 0.500. The molecule has 9 nitrogen and oxygen atoms in total. The van der Waals surface area contributed by atoms with Gasteiger partial charge in [0.15, 0.2) is 0 Å². The van der Waals surface area contributed by atoms with E-state index in [0.29, 0.717) is 48.4 Å². The van der Waals surface area contributed by atoms with Gasteiger partial charge in [-0.15, -0.1) is 11.3 Å². The molecule has 3 aromatic rings. The molecule has 0 bridgehead atoms. The topological polar surface area (TPSA) is 109 Å². The number of imide groups is 1. The lowest BCUT2D eigenvalue weighted by molar-refractivity contribution is -0.126. The van der Waals surface area contributed by atoms with Gasteiger partial charge in [-0.1, -0.05) is 29.4 Å². The van der Waals surface area contributed by atoms with E-state index in [4.69, 9.17) is 4.63 Å². The smallest absolute Gasteiger partial charge is 0.264 e. The predicted octanol–water partition coefficient (Wildman–Crippen LogP) is 3.72. The number of rotatable bonds is 7. The summed E-state index contributed by atoms with van der Waals surface area (Å²) in [5.41, 5.74) is 2.55. The summed E-state index contributed by atoms with van der Waals surface area (Å²) in [5.74, 6) is -0.682. The van der Waals surface area contributed by atoms with E-state index >= 15 is 0 Å². The van der Waals surface area contributed by atoms with E-state index in [1.54, 1.807) is 30.4 Å². The molecule has 0 spiro atoms. The molecule has 2 aliphatic rings. The van der Waals surface area contributed by atoms with Crippen LogP contribution in [0.1, 0.15) is 69.2 Å². The van der Waals surface area contributed by atoms with Crippen molar-refractivity contribution in [2.45, 2.75) is 45.7 Å². The molecule has 2 aromatic heterocycles. The van der Waals surface area contributed by atoms with Crippen LogP contribution in [0, 0.1) is 12.8 Å². The SMILES string of the molecule is CC[C@@H](NC(=O)C1CCN(c2cccc3c2C(=O)N(Cc2nonc2C)C3=O)CC1)c1cccs1. The van der Waals surface area contributed by atoms with Gasteiger partial charge in [-0.3, -0.25) is 19.3 Å². The average Bonchev–Trinajstić information content (AvgIpc) is 3.61. The number of benzene rings is 1. The fourth-order valence-corrected chi connectivity index (χ4v) is 5.66. The average molecular weight is 494 g/mol. The molecule has 1 N–H and O–H groups in total. The fraction of sp³-hybridized carbons (Fsp3) is 0.400. The number of amides is 3. The van der Waals surface area contributed by atoms with Crippen molar-refractivity contribution in [3.63, 3.8) is 0 Å². The molecule has 0 aliphatic carbocycles. The lowest BCUT2D eigenvalue weighted by Gasteiger charge is -2.34. The Balaban J connectivity index is 1.27. The van der Waals surface area contributed by atoms with Crippen molar-refractivity contribution in [2.24, 2.45) is 5.92 Å². The van der Waals surface area contributed by atoms with Crippen LogP contribution in [0.2, 0.25) is 0 Å². The fourth-order valence-electron chi connectivity index (χ4n) is 4.80. The van der Waals surface area contributed by atoms with Gasteiger partial charge in [-0.25, -0.2) is 4.63 Å². The summed E-state index contributed by atoms with van der Waals surface area (Å²) >= 11 is 1.66.